The lowest BCUT2D eigenvalue weighted by molar-refractivity contribution is -0.122. The third-order valence-electron chi connectivity index (χ3n) is 3.94. The van der Waals surface area contributed by atoms with Crippen LogP contribution >= 0.6 is 23.4 Å². The van der Waals surface area contributed by atoms with E-state index in [1.54, 1.807) is 18.1 Å². The summed E-state index contributed by atoms with van der Waals surface area (Å²) in [6, 6.07) is 3.61. The second-order valence-electron chi connectivity index (χ2n) is 5.79. The highest BCUT2D eigenvalue weighted by Crippen LogP contribution is 2.39. The first-order valence-electron chi connectivity index (χ1n) is 8.75. The summed E-state index contributed by atoms with van der Waals surface area (Å²) < 4.78 is 11.3. The van der Waals surface area contributed by atoms with E-state index in [4.69, 9.17) is 21.1 Å². The maximum atomic E-state index is 12.6. The number of methoxy groups -OCH3 is 1. The minimum atomic E-state index is -0.0419. The second kappa shape index (κ2) is 9.33. The van der Waals surface area contributed by atoms with Gasteiger partial charge in [0.1, 0.15) is 0 Å². The summed E-state index contributed by atoms with van der Waals surface area (Å²) in [6.07, 6.45) is 2.71. The van der Waals surface area contributed by atoms with E-state index in [-0.39, 0.29) is 12.0 Å². The van der Waals surface area contributed by atoms with E-state index < -0.39 is 0 Å². The van der Waals surface area contributed by atoms with E-state index in [0.29, 0.717) is 34.5 Å². The van der Waals surface area contributed by atoms with E-state index in [9.17, 15) is 4.79 Å². The van der Waals surface area contributed by atoms with Gasteiger partial charge in [0.05, 0.1) is 23.1 Å². The van der Waals surface area contributed by atoms with Crippen LogP contribution in [0.3, 0.4) is 0 Å². The number of nitrogens with zero attached hydrogens (tertiary/aromatic N) is 2. The fraction of sp³-hybridized carbons (Fsp3) is 0.474. The molecule has 7 heteroatoms. The Labute approximate surface area is 164 Å². The quantitative estimate of drug-likeness (QED) is 0.619. The zero-order chi connectivity index (χ0) is 19.3. The van der Waals surface area contributed by atoms with E-state index in [1.165, 1.54) is 11.8 Å². The molecule has 1 atom stereocenters. The molecule has 5 nitrogen and oxygen atoms in total. The van der Waals surface area contributed by atoms with Gasteiger partial charge in [0.25, 0.3) is 5.91 Å². The Morgan fingerprint density at radius 3 is 2.65 bits per heavy atom. The van der Waals surface area contributed by atoms with Gasteiger partial charge in [-0.15, -0.1) is 0 Å². The summed E-state index contributed by atoms with van der Waals surface area (Å²) in [5, 5.41) is 1.20. The van der Waals surface area contributed by atoms with Gasteiger partial charge in [-0.2, -0.15) is 0 Å². The molecule has 0 unspecified atom stereocenters. The lowest BCUT2D eigenvalue weighted by Gasteiger charge is -2.17. The number of benzene rings is 1. The number of halogens is 1. The Kier molecular flexibility index (Phi) is 7.41. The van der Waals surface area contributed by atoms with Gasteiger partial charge in [-0.1, -0.05) is 18.5 Å². The zero-order valence-electron chi connectivity index (χ0n) is 15.8. The van der Waals surface area contributed by atoms with Gasteiger partial charge in [0.15, 0.2) is 16.7 Å². The van der Waals surface area contributed by atoms with Gasteiger partial charge in [-0.3, -0.25) is 14.7 Å². The van der Waals surface area contributed by atoms with Crippen LogP contribution < -0.4 is 9.47 Å². The Morgan fingerprint density at radius 2 is 2.08 bits per heavy atom. The van der Waals surface area contributed by atoms with Gasteiger partial charge < -0.3 is 9.47 Å². The van der Waals surface area contributed by atoms with E-state index >= 15 is 0 Å². The number of ether oxygens (including phenoxy) is 2. The highest BCUT2D eigenvalue weighted by molar-refractivity contribution is 8.18. The number of hydrogen-bond acceptors (Lipinski definition) is 5. The smallest absolute Gasteiger partial charge is 0.266 e. The van der Waals surface area contributed by atoms with Crippen LogP contribution in [0.15, 0.2) is 22.0 Å². The molecule has 1 aromatic rings. The molecule has 0 saturated carbocycles. The van der Waals surface area contributed by atoms with Crippen LogP contribution in [-0.2, 0) is 4.79 Å². The number of amidine groups is 1. The Bertz CT molecular complexity index is 734. The average Bonchev–Trinajstić information content (AvgIpc) is 2.91. The summed E-state index contributed by atoms with van der Waals surface area (Å²) in [5.41, 5.74) is 0.785. The molecular weight excluding hydrogens is 372 g/mol. The van der Waals surface area contributed by atoms with E-state index in [0.717, 1.165) is 17.2 Å². The number of thioether (sulfide) groups is 1. The fourth-order valence-corrected chi connectivity index (χ4v) is 3.78. The predicted molar refractivity (Wildman–Crippen MR) is 109 cm³/mol. The topological polar surface area (TPSA) is 51.1 Å². The van der Waals surface area contributed by atoms with Crippen LogP contribution in [0.2, 0.25) is 5.02 Å². The number of amides is 1. The lowest BCUT2D eigenvalue weighted by Crippen LogP contribution is -2.28. The van der Waals surface area contributed by atoms with Crippen molar-refractivity contribution in [2.45, 2.75) is 40.2 Å². The Hall–Kier alpha value is -1.66. The van der Waals surface area contributed by atoms with Crippen LogP contribution in [0.5, 0.6) is 11.5 Å². The van der Waals surface area contributed by atoms with Crippen LogP contribution in [0, 0.1) is 0 Å². The summed E-state index contributed by atoms with van der Waals surface area (Å²) in [5.74, 6) is 1.04. The van der Waals surface area contributed by atoms with Crippen LogP contribution in [0.4, 0.5) is 0 Å². The average molecular weight is 397 g/mol. The van der Waals surface area contributed by atoms with Crippen molar-refractivity contribution < 1.29 is 14.3 Å². The van der Waals surface area contributed by atoms with Crippen LogP contribution in [-0.4, -0.2) is 42.3 Å². The summed E-state index contributed by atoms with van der Waals surface area (Å²) in [7, 11) is 1.58. The second-order valence-corrected chi connectivity index (χ2v) is 7.20. The van der Waals surface area contributed by atoms with E-state index in [1.807, 2.05) is 39.8 Å². The van der Waals surface area contributed by atoms with Gasteiger partial charge in [-0.25, -0.2) is 0 Å². The maximum Gasteiger partial charge on any atom is 0.266 e. The highest BCUT2D eigenvalue weighted by Gasteiger charge is 2.31. The molecule has 1 amide bonds. The Morgan fingerprint density at radius 1 is 1.35 bits per heavy atom. The van der Waals surface area contributed by atoms with E-state index in [2.05, 4.69) is 4.99 Å². The number of rotatable bonds is 7. The molecule has 1 aromatic carbocycles. The fourth-order valence-electron chi connectivity index (χ4n) is 2.41. The number of carbonyl (C=O) groups excluding carboxylic acids is 1. The molecule has 0 aromatic heterocycles. The summed E-state index contributed by atoms with van der Waals surface area (Å²) >= 11 is 7.79. The normalized spacial score (nSPS) is 18.7. The standard InChI is InChI=1S/C19H25ClN2O3S/c1-6-12(4)25-17-14(20)9-13(10-15(17)24-5)11-16-18(23)22(8-3)19(26-16)21-7-2/h9-12H,6-8H2,1-5H3/b16-11+,21-19?/t12-/m0/s1. The SMILES string of the molecule is CCN=C1S/C(=C/c2cc(Cl)c(O[C@@H](C)CC)c(OC)c2)C(=O)N1CC. The molecule has 0 radical (unpaired) electrons. The van der Waals surface area contributed by atoms with Gasteiger partial charge in [-0.05, 0) is 62.7 Å². The monoisotopic (exact) mass is 396 g/mol. The maximum absolute atomic E-state index is 12.6. The molecule has 1 heterocycles. The summed E-state index contributed by atoms with van der Waals surface area (Å²) in [4.78, 5) is 19.3. The van der Waals surface area contributed by atoms with Crippen molar-refractivity contribution in [2.24, 2.45) is 4.99 Å². The minimum Gasteiger partial charge on any atom is -0.493 e. The molecule has 1 aliphatic heterocycles. The molecule has 1 saturated heterocycles. The van der Waals surface area contributed by atoms with Crippen molar-refractivity contribution in [3.8, 4) is 11.5 Å². The Balaban J connectivity index is 2.38. The molecule has 26 heavy (non-hydrogen) atoms. The van der Waals surface area contributed by atoms with Crippen molar-refractivity contribution in [1.82, 2.24) is 4.90 Å². The first kappa shape index (κ1) is 20.6. The predicted octanol–water partition coefficient (Wildman–Crippen LogP) is 4.84. The van der Waals surface area contributed by atoms with Crippen molar-refractivity contribution >= 4 is 40.5 Å². The van der Waals surface area contributed by atoms with Gasteiger partial charge >= 0.3 is 0 Å². The highest BCUT2D eigenvalue weighted by atomic mass is 35.5. The molecule has 142 valence electrons. The van der Waals surface area contributed by atoms with Crippen molar-refractivity contribution in [2.75, 3.05) is 20.2 Å². The third kappa shape index (κ3) is 4.54. The molecule has 1 aliphatic rings. The lowest BCUT2D eigenvalue weighted by atomic mass is 10.1. The number of likely N-dealkylation sites (N-methyl/N-ethyl adjacent to an activating group) is 1. The molecule has 0 aliphatic carbocycles. The first-order chi connectivity index (χ1) is 12.4. The van der Waals surface area contributed by atoms with Crippen LogP contribution in [0.1, 0.15) is 39.7 Å². The molecular formula is C19H25ClN2O3S. The molecule has 0 spiro atoms. The van der Waals surface area contributed by atoms with Crippen molar-refractivity contribution in [1.29, 1.82) is 0 Å². The number of carbonyl (C=O) groups is 1. The summed E-state index contributed by atoms with van der Waals surface area (Å²) in [6.45, 7) is 9.14. The van der Waals surface area contributed by atoms with Gasteiger partial charge in [0, 0.05) is 13.1 Å². The molecule has 1 fully saturated rings. The van der Waals surface area contributed by atoms with Crippen molar-refractivity contribution in [3.05, 3.63) is 27.6 Å². The minimum absolute atomic E-state index is 0.0310. The first-order valence-corrected chi connectivity index (χ1v) is 9.94. The molecule has 0 bridgehead atoms. The molecule has 2 rings (SSSR count). The van der Waals surface area contributed by atoms with Crippen LogP contribution in [0.25, 0.3) is 6.08 Å². The zero-order valence-corrected chi connectivity index (χ0v) is 17.4. The molecule has 0 N–H and O–H groups in total. The largest absolute Gasteiger partial charge is 0.493 e. The number of aliphatic imine (C=N–C) groups is 1. The number of hydrogen-bond donors (Lipinski definition) is 0. The third-order valence-corrected chi connectivity index (χ3v) is 5.27. The van der Waals surface area contributed by atoms with Gasteiger partial charge in [0.2, 0.25) is 0 Å². The van der Waals surface area contributed by atoms with Crippen molar-refractivity contribution in [3.63, 3.8) is 0 Å².